The number of rotatable bonds is 10. The number of hydrogen-bond acceptors (Lipinski definition) is 9. The largest absolute Gasteiger partial charge is 0.359 e. The average Bonchev–Trinajstić information content (AvgIpc) is 3.60. The number of benzene rings is 1. The Kier molecular flexibility index (Phi) is 8.55. The molecule has 0 aliphatic carbocycles. The van der Waals surface area contributed by atoms with Gasteiger partial charge in [0.15, 0.2) is 11.6 Å². The normalized spacial score (nSPS) is 13.8. The van der Waals surface area contributed by atoms with E-state index in [9.17, 15) is 4.79 Å². The van der Waals surface area contributed by atoms with Gasteiger partial charge in [0.05, 0.1) is 5.69 Å². The van der Waals surface area contributed by atoms with Gasteiger partial charge < -0.3 is 25.0 Å². The lowest BCUT2D eigenvalue weighted by atomic mass is 10.1. The molecule has 4 aromatic rings. The molecule has 0 radical (unpaired) electrons. The molecule has 1 aromatic carbocycles. The van der Waals surface area contributed by atoms with Gasteiger partial charge in [-0.2, -0.15) is 5.10 Å². The van der Waals surface area contributed by atoms with E-state index in [1.54, 1.807) is 6.07 Å². The van der Waals surface area contributed by atoms with Crippen LogP contribution in [0.5, 0.6) is 0 Å². The molecule has 0 atom stereocenters. The molecule has 210 valence electrons. The van der Waals surface area contributed by atoms with Crippen molar-refractivity contribution in [3.63, 3.8) is 0 Å². The zero-order valence-corrected chi connectivity index (χ0v) is 23.2. The fourth-order valence-corrected chi connectivity index (χ4v) is 4.46. The van der Waals surface area contributed by atoms with Crippen molar-refractivity contribution >= 4 is 29.3 Å². The van der Waals surface area contributed by atoms with E-state index < -0.39 is 0 Å². The second-order valence-corrected chi connectivity index (χ2v) is 10.0. The summed E-state index contributed by atoms with van der Waals surface area (Å²) in [6.45, 7) is 8.31. The SMILES string of the molecule is CCCCc1cc(NC(=O)NCc2ccc(-c3cc(Nc4cc(N5CCN(C)CC5)nc(C)n4)n[nH]3)cc2)no1. The topological polar surface area (TPSA) is 140 Å². The van der Waals surface area contributed by atoms with Crippen molar-refractivity contribution < 1.29 is 9.32 Å². The maximum Gasteiger partial charge on any atom is 0.320 e. The Morgan fingerprint density at radius 1 is 1.02 bits per heavy atom. The number of carbonyl (C=O) groups is 1. The van der Waals surface area contributed by atoms with Crippen LogP contribution < -0.4 is 20.9 Å². The lowest BCUT2D eigenvalue weighted by molar-refractivity contribution is 0.251. The maximum atomic E-state index is 12.3. The quantitative estimate of drug-likeness (QED) is 0.230. The Morgan fingerprint density at radius 2 is 1.82 bits per heavy atom. The van der Waals surface area contributed by atoms with Gasteiger partial charge in [0.25, 0.3) is 0 Å². The highest BCUT2D eigenvalue weighted by atomic mass is 16.5. The molecule has 1 fully saturated rings. The molecule has 1 aliphatic rings. The molecule has 5 rings (SSSR count). The third kappa shape index (κ3) is 7.14. The number of amides is 2. The van der Waals surface area contributed by atoms with Gasteiger partial charge in [0.1, 0.15) is 23.2 Å². The van der Waals surface area contributed by atoms with E-state index in [1.165, 1.54) is 0 Å². The number of aromatic nitrogens is 5. The lowest BCUT2D eigenvalue weighted by Crippen LogP contribution is -2.44. The van der Waals surface area contributed by atoms with Gasteiger partial charge in [0, 0.05) is 57.3 Å². The van der Waals surface area contributed by atoms with Crippen molar-refractivity contribution in [3.8, 4) is 11.3 Å². The van der Waals surface area contributed by atoms with E-state index in [0.717, 1.165) is 73.8 Å². The molecule has 2 amide bonds. The predicted molar refractivity (Wildman–Crippen MR) is 155 cm³/mol. The predicted octanol–water partition coefficient (Wildman–Crippen LogP) is 4.32. The number of piperazine rings is 1. The van der Waals surface area contributed by atoms with Crippen LogP contribution in [0.4, 0.5) is 28.1 Å². The highest BCUT2D eigenvalue weighted by Gasteiger charge is 2.17. The van der Waals surface area contributed by atoms with Crippen molar-refractivity contribution in [2.24, 2.45) is 0 Å². The van der Waals surface area contributed by atoms with E-state index in [1.807, 2.05) is 43.3 Å². The van der Waals surface area contributed by atoms with Crippen LogP contribution in [0, 0.1) is 6.92 Å². The minimum atomic E-state index is -0.334. The summed E-state index contributed by atoms with van der Waals surface area (Å²) in [5.41, 5.74) is 2.82. The number of nitrogens with zero attached hydrogens (tertiary/aromatic N) is 6. The number of aromatic amines is 1. The molecule has 1 saturated heterocycles. The van der Waals surface area contributed by atoms with Crippen molar-refractivity contribution in [3.05, 3.63) is 59.6 Å². The Bertz CT molecular complexity index is 1410. The zero-order valence-electron chi connectivity index (χ0n) is 23.2. The van der Waals surface area contributed by atoms with Gasteiger partial charge in [0.2, 0.25) is 0 Å². The molecule has 0 saturated carbocycles. The molecule has 12 nitrogen and oxygen atoms in total. The molecule has 1 aliphatic heterocycles. The molecule has 40 heavy (non-hydrogen) atoms. The van der Waals surface area contributed by atoms with Crippen molar-refractivity contribution in [2.45, 2.75) is 39.7 Å². The summed E-state index contributed by atoms with van der Waals surface area (Å²) in [4.78, 5) is 26.0. The van der Waals surface area contributed by atoms with Crippen LogP contribution >= 0.6 is 0 Å². The zero-order chi connectivity index (χ0) is 27.9. The minimum Gasteiger partial charge on any atom is -0.359 e. The third-order valence-electron chi connectivity index (χ3n) is 6.78. The van der Waals surface area contributed by atoms with Crippen LogP contribution in [0.3, 0.4) is 0 Å². The Hall–Kier alpha value is -4.45. The van der Waals surface area contributed by atoms with E-state index in [0.29, 0.717) is 29.8 Å². The number of likely N-dealkylation sites (N-methyl/N-ethyl adjacent to an activating group) is 1. The van der Waals surface area contributed by atoms with Gasteiger partial charge in [-0.25, -0.2) is 14.8 Å². The van der Waals surface area contributed by atoms with E-state index in [4.69, 9.17) is 4.52 Å². The first kappa shape index (κ1) is 27.1. The number of aryl methyl sites for hydroxylation is 2. The molecular formula is C28H36N10O2. The fourth-order valence-electron chi connectivity index (χ4n) is 4.46. The molecule has 0 spiro atoms. The Balaban J connectivity index is 1.14. The van der Waals surface area contributed by atoms with Crippen LogP contribution in [-0.4, -0.2) is 69.5 Å². The molecule has 4 N–H and O–H groups in total. The molecule has 3 aromatic heterocycles. The standard InChI is InChI=1S/C28H36N10O2/c1-4-5-6-22-15-26(36-40-22)33-28(39)29-18-20-7-9-21(10-8-20)23-16-25(35-34-23)32-24-17-27(31-19(2)30-24)38-13-11-37(3)12-14-38/h7-10,15-17H,4-6,11-14,18H2,1-3H3,(H2,29,33,36,39)(H2,30,31,32,34,35). The highest BCUT2D eigenvalue weighted by Crippen LogP contribution is 2.24. The summed E-state index contributed by atoms with van der Waals surface area (Å²) >= 11 is 0. The first-order chi connectivity index (χ1) is 19.4. The Labute approximate surface area is 233 Å². The highest BCUT2D eigenvalue weighted by molar-refractivity contribution is 5.88. The minimum absolute atomic E-state index is 0.334. The summed E-state index contributed by atoms with van der Waals surface area (Å²) < 4.78 is 5.24. The van der Waals surface area contributed by atoms with Crippen molar-refractivity contribution in [2.75, 3.05) is 48.8 Å². The van der Waals surface area contributed by atoms with Crippen LogP contribution in [0.2, 0.25) is 0 Å². The summed E-state index contributed by atoms with van der Waals surface area (Å²) in [5, 5.41) is 20.3. The van der Waals surface area contributed by atoms with Gasteiger partial charge in [-0.15, -0.1) is 0 Å². The molecular weight excluding hydrogens is 508 g/mol. The van der Waals surface area contributed by atoms with Crippen LogP contribution in [0.15, 0.2) is 47.0 Å². The summed E-state index contributed by atoms with van der Waals surface area (Å²) in [6, 6.07) is 13.3. The van der Waals surface area contributed by atoms with E-state index >= 15 is 0 Å². The van der Waals surface area contributed by atoms with Gasteiger partial charge in [-0.1, -0.05) is 42.8 Å². The van der Waals surface area contributed by atoms with Crippen molar-refractivity contribution in [1.29, 1.82) is 0 Å². The monoisotopic (exact) mass is 544 g/mol. The molecule has 0 bridgehead atoms. The fraction of sp³-hybridized carbons (Fsp3) is 0.393. The second-order valence-electron chi connectivity index (χ2n) is 10.0. The van der Waals surface area contributed by atoms with Crippen LogP contribution in [-0.2, 0) is 13.0 Å². The number of carbonyl (C=O) groups excluding carboxylic acids is 1. The van der Waals surface area contributed by atoms with Crippen LogP contribution in [0.25, 0.3) is 11.3 Å². The van der Waals surface area contributed by atoms with E-state index in [2.05, 4.69) is 65.0 Å². The molecule has 0 unspecified atom stereocenters. The second kappa shape index (κ2) is 12.6. The number of nitrogens with one attached hydrogen (secondary N) is 4. The van der Waals surface area contributed by atoms with Gasteiger partial charge >= 0.3 is 6.03 Å². The van der Waals surface area contributed by atoms with Gasteiger partial charge in [-0.05, 0) is 31.5 Å². The Morgan fingerprint density at radius 3 is 2.60 bits per heavy atom. The third-order valence-corrected chi connectivity index (χ3v) is 6.78. The van der Waals surface area contributed by atoms with Crippen LogP contribution in [0.1, 0.15) is 36.9 Å². The number of hydrogen-bond donors (Lipinski definition) is 4. The summed E-state index contributed by atoms with van der Waals surface area (Å²) in [7, 11) is 2.14. The summed E-state index contributed by atoms with van der Waals surface area (Å²) in [6.07, 6.45) is 2.90. The number of unbranched alkanes of at least 4 members (excludes halogenated alkanes) is 1. The molecule has 12 heteroatoms. The summed E-state index contributed by atoms with van der Waals surface area (Å²) in [5.74, 6) is 4.20. The van der Waals surface area contributed by atoms with Gasteiger partial charge in [-0.3, -0.25) is 10.4 Å². The number of anilines is 4. The average molecular weight is 545 g/mol. The smallest absolute Gasteiger partial charge is 0.320 e. The maximum absolute atomic E-state index is 12.3. The number of H-pyrrole nitrogens is 1. The van der Waals surface area contributed by atoms with E-state index in [-0.39, 0.29) is 6.03 Å². The number of urea groups is 1. The lowest BCUT2D eigenvalue weighted by Gasteiger charge is -2.33. The first-order valence-electron chi connectivity index (χ1n) is 13.7. The molecule has 4 heterocycles. The van der Waals surface area contributed by atoms with Crippen molar-refractivity contribution in [1.82, 2.24) is 35.5 Å². The first-order valence-corrected chi connectivity index (χ1v) is 13.7.